The number of halogens is 1. The van der Waals surface area contributed by atoms with E-state index in [1.807, 2.05) is 17.5 Å². The first-order valence-corrected chi connectivity index (χ1v) is 5.82. The fourth-order valence-corrected chi connectivity index (χ4v) is 2.41. The fourth-order valence-electron chi connectivity index (χ4n) is 1.35. The molecule has 2 heterocycles. The molecule has 4 heteroatoms. The third-order valence-corrected chi connectivity index (χ3v) is 3.48. The Balaban J connectivity index is 2.07. The molecule has 0 aliphatic rings. The molecule has 2 aromatic heterocycles. The Kier molecular flexibility index (Phi) is 3.36. The molecular weight excluding hydrogens is 230 g/mol. The average Bonchev–Trinajstić information content (AvgIpc) is 2.66. The summed E-state index contributed by atoms with van der Waals surface area (Å²) < 4.78 is 0. The van der Waals surface area contributed by atoms with Crippen molar-refractivity contribution in [1.82, 2.24) is 4.98 Å². The summed E-state index contributed by atoms with van der Waals surface area (Å²) in [5, 5.41) is 12.4. The summed E-state index contributed by atoms with van der Waals surface area (Å²) in [6.45, 7) is 0. The fraction of sp³-hybridized carbons (Fsp3) is 0.182. The van der Waals surface area contributed by atoms with E-state index in [0.717, 1.165) is 10.4 Å². The molecule has 2 nitrogen and oxygen atoms in total. The Morgan fingerprint density at radius 1 is 1.40 bits per heavy atom. The van der Waals surface area contributed by atoms with Gasteiger partial charge in [0.1, 0.15) is 0 Å². The highest BCUT2D eigenvalue weighted by Gasteiger charge is 2.10. The molecule has 0 amide bonds. The van der Waals surface area contributed by atoms with Crippen molar-refractivity contribution in [3.8, 4) is 0 Å². The monoisotopic (exact) mass is 239 g/mol. The van der Waals surface area contributed by atoms with Crippen LogP contribution in [0.15, 0.2) is 36.0 Å². The van der Waals surface area contributed by atoms with Crippen molar-refractivity contribution in [3.63, 3.8) is 0 Å². The molecule has 1 unspecified atom stereocenters. The third kappa shape index (κ3) is 2.78. The molecule has 0 saturated heterocycles. The second-order valence-corrected chi connectivity index (χ2v) is 4.62. The first-order valence-electron chi connectivity index (χ1n) is 4.56. The van der Waals surface area contributed by atoms with Gasteiger partial charge in [-0.2, -0.15) is 0 Å². The maximum absolute atomic E-state index is 9.92. The second-order valence-electron chi connectivity index (χ2n) is 3.24. The van der Waals surface area contributed by atoms with Gasteiger partial charge in [-0.15, -0.1) is 11.3 Å². The smallest absolute Gasteiger partial charge is 0.0922 e. The highest BCUT2D eigenvalue weighted by atomic mass is 35.5. The molecule has 0 radical (unpaired) electrons. The number of nitrogens with zero attached hydrogens (tertiary/aromatic N) is 1. The van der Waals surface area contributed by atoms with E-state index >= 15 is 0 Å². The molecule has 0 fully saturated rings. The molecule has 2 aromatic rings. The first-order chi connectivity index (χ1) is 7.25. The Morgan fingerprint density at radius 3 is 2.73 bits per heavy atom. The lowest BCUT2D eigenvalue weighted by molar-refractivity contribution is 0.182. The van der Waals surface area contributed by atoms with Crippen molar-refractivity contribution < 1.29 is 5.11 Å². The molecule has 15 heavy (non-hydrogen) atoms. The van der Waals surface area contributed by atoms with Crippen molar-refractivity contribution >= 4 is 22.9 Å². The van der Waals surface area contributed by atoms with E-state index in [1.165, 1.54) is 11.3 Å². The van der Waals surface area contributed by atoms with E-state index in [4.69, 9.17) is 11.6 Å². The van der Waals surface area contributed by atoms with Crippen molar-refractivity contribution in [2.24, 2.45) is 0 Å². The molecule has 0 saturated carbocycles. The Hall–Kier alpha value is -0.900. The van der Waals surface area contributed by atoms with Gasteiger partial charge < -0.3 is 5.11 Å². The molecule has 0 bridgehead atoms. The summed E-state index contributed by atoms with van der Waals surface area (Å²) in [6.07, 6.45) is 3.57. The summed E-state index contributed by atoms with van der Waals surface area (Å²) in [4.78, 5) is 4.83. The average molecular weight is 240 g/mol. The van der Waals surface area contributed by atoms with Gasteiger partial charge in [-0.3, -0.25) is 4.98 Å². The van der Waals surface area contributed by atoms with Crippen LogP contribution in [0.3, 0.4) is 0 Å². The van der Waals surface area contributed by atoms with E-state index in [-0.39, 0.29) is 0 Å². The van der Waals surface area contributed by atoms with Gasteiger partial charge in [0.25, 0.3) is 0 Å². The number of hydrogen-bond donors (Lipinski definition) is 1. The Bertz CT molecular complexity index is 429. The molecule has 1 N–H and O–H groups in total. The van der Waals surface area contributed by atoms with E-state index < -0.39 is 6.10 Å². The maximum Gasteiger partial charge on any atom is 0.0922 e. The van der Waals surface area contributed by atoms with Gasteiger partial charge in [-0.1, -0.05) is 11.6 Å². The van der Waals surface area contributed by atoms with Crippen molar-refractivity contribution in [3.05, 3.63) is 51.4 Å². The van der Waals surface area contributed by atoms with Crippen LogP contribution in [0, 0.1) is 0 Å². The van der Waals surface area contributed by atoms with Crippen molar-refractivity contribution in [2.45, 2.75) is 12.5 Å². The second kappa shape index (κ2) is 4.75. The summed E-state index contributed by atoms with van der Waals surface area (Å²) in [7, 11) is 0. The number of thiophene rings is 1. The first kappa shape index (κ1) is 10.6. The molecule has 2 rings (SSSR count). The van der Waals surface area contributed by atoms with E-state index in [9.17, 15) is 5.11 Å². The minimum atomic E-state index is -0.482. The third-order valence-electron chi connectivity index (χ3n) is 2.09. The number of aromatic nitrogens is 1. The highest BCUT2D eigenvalue weighted by molar-refractivity contribution is 7.10. The summed E-state index contributed by atoms with van der Waals surface area (Å²) >= 11 is 7.28. The van der Waals surface area contributed by atoms with Gasteiger partial charge in [0.05, 0.1) is 11.1 Å². The van der Waals surface area contributed by atoms with Crippen LogP contribution < -0.4 is 0 Å². The van der Waals surface area contributed by atoms with Gasteiger partial charge in [-0.25, -0.2) is 0 Å². The van der Waals surface area contributed by atoms with Gasteiger partial charge in [0, 0.05) is 29.1 Å². The zero-order chi connectivity index (χ0) is 10.7. The topological polar surface area (TPSA) is 33.1 Å². The van der Waals surface area contributed by atoms with Crippen LogP contribution in [0.1, 0.15) is 16.5 Å². The standard InChI is InChI=1S/C11H10ClNOS/c12-9-6-11(15-7-9)10(14)5-8-1-3-13-4-2-8/h1-4,6-7,10,14H,5H2. The van der Waals surface area contributed by atoms with Crippen molar-refractivity contribution in [2.75, 3.05) is 0 Å². The van der Waals surface area contributed by atoms with Gasteiger partial charge in [0.15, 0.2) is 0 Å². The van der Waals surface area contributed by atoms with E-state index in [0.29, 0.717) is 11.4 Å². The van der Waals surface area contributed by atoms with E-state index in [2.05, 4.69) is 4.98 Å². The molecule has 1 atom stereocenters. The largest absolute Gasteiger partial charge is 0.387 e. The van der Waals surface area contributed by atoms with Gasteiger partial charge >= 0.3 is 0 Å². The van der Waals surface area contributed by atoms with Crippen LogP contribution in [-0.2, 0) is 6.42 Å². The highest BCUT2D eigenvalue weighted by Crippen LogP contribution is 2.27. The minimum Gasteiger partial charge on any atom is -0.387 e. The van der Waals surface area contributed by atoms with Crippen LogP contribution in [0.2, 0.25) is 5.02 Å². The molecule has 78 valence electrons. The zero-order valence-corrected chi connectivity index (χ0v) is 9.50. The normalized spacial score (nSPS) is 12.7. The maximum atomic E-state index is 9.92. The summed E-state index contributed by atoms with van der Waals surface area (Å²) in [5.41, 5.74) is 1.07. The SMILES string of the molecule is OC(Cc1ccncc1)c1cc(Cl)cs1. The lowest BCUT2D eigenvalue weighted by Crippen LogP contribution is -1.99. The molecule has 0 aromatic carbocycles. The lowest BCUT2D eigenvalue weighted by atomic mass is 10.1. The minimum absolute atomic E-state index is 0.482. The number of aliphatic hydroxyl groups is 1. The lowest BCUT2D eigenvalue weighted by Gasteiger charge is -2.07. The van der Waals surface area contributed by atoms with Crippen molar-refractivity contribution in [1.29, 1.82) is 0 Å². The Labute approximate surface area is 97.2 Å². The summed E-state index contributed by atoms with van der Waals surface area (Å²) in [5.74, 6) is 0. The van der Waals surface area contributed by atoms with Crippen LogP contribution in [0.25, 0.3) is 0 Å². The Morgan fingerprint density at radius 2 is 2.13 bits per heavy atom. The number of rotatable bonds is 3. The molecule has 0 aliphatic heterocycles. The van der Waals surface area contributed by atoms with Crippen LogP contribution in [-0.4, -0.2) is 10.1 Å². The zero-order valence-electron chi connectivity index (χ0n) is 7.93. The molecular formula is C11H10ClNOS. The summed E-state index contributed by atoms with van der Waals surface area (Å²) in [6, 6.07) is 5.61. The molecule has 0 aliphatic carbocycles. The van der Waals surface area contributed by atoms with Crippen LogP contribution in [0.4, 0.5) is 0 Å². The number of pyridine rings is 1. The number of hydrogen-bond acceptors (Lipinski definition) is 3. The predicted molar refractivity (Wildman–Crippen MR) is 62.2 cm³/mol. The van der Waals surface area contributed by atoms with E-state index in [1.54, 1.807) is 18.5 Å². The molecule has 0 spiro atoms. The predicted octanol–water partition coefficient (Wildman–Crippen LogP) is 3.07. The van der Waals surface area contributed by atoms with Gasteiger partial charge in [0.2, 0.25) is 0 Å². The van der Waals surface area contributed by atoms with Crippen LogP contribution >= 0.6 is 22.9 Å². The number of aliphatic hydroxyl groups excluding tert-OH is 1. The quantitative estimate of drug-likeness (QED) is 0.893. The van der Waals surface area contributed by atoms with Gasteiger partial charge in [-0.05, 0) is 23.8 Å². The van der Waals surface area contributed by atoms with Crippen LogP contribution in [0.5, 0.6) is 0 Å².